The van der Waals surface area contributed by atoms with Gasteiger partial charge in [0, 0.05) is 32.6 Å². The molecule has 0 bridgehead atoms. The van der Waals surface area contributed by atoms with E-state index in [4.69, 9.17) is 4.74 Å². The maximum Gasteiger partial charge on any atom is 0.337 e. The smallest absolute Gasteiger partial charge is 0.337 e. The largest absolute Gasteiger partial charge is 0.465 e. The molecule has 1 amide bonds. The fourth-order valence-corrected chi connectivity index (χ4v) is 1.81. The van der Waals surface area contributed by atoms with Crippen LogP contribution in [-0.2, 0) is 14.3 Å². The van der Waals surface area contributed by atoms with E-state index in [1.54, 1.807) is 25.3 Å². The molecule has 0 heterocycles. The van der Waals surface area contributed by atoms with Crippen LogP contribution in [0.5, 0.6) is 0 Å². The fourth-order valence-electron chi connectivity index (χ4n) is 1.81. The zero-order chi connectivity index (χ0) is 16.4. The Hall–Kier alpha value is -2.32. The van der Waals surface area contributed by atoms with E-state index in [0.29, 0.717) is 16.8 Å². The Labute approximate surface area is 131 Å². The molecule has 1 aromatic rings. The van der Waals surface area contributed by atoms with Crippen LogP contribution in [0.15, 0.2) is 18.2 Å². The Morgan fingerprint density at radius 2 is 2.00 bits per heavy atom. The van der Waals surface area contributed by atoms with E-state index in [2.05, 4.69) is 21.9 Å². The van der Waals surface area contributed by atoms with Crippen LogP contribution in [0.2, 0.25) is 0 Å². The highest BCUT2D eigenvalue weighted by Gasteiger charge is 2.09. The zero-order valence-corrected chi connectivity index (χ0v) is 13.2. The summed E-state index contributed by atoms with van der Waals surface area (Å²) in [7, 11) is 2.99. The van der Waals surface area contributed by atoms with Gasteiger partial charge in [-0.25, -0.2) is 4.79 Å². The number of hydrogen-bond acceptors (Lipinski definition) is 4. The summed E-state index contributed by atoms with van der Waals surface area (Å²) in [6, 6.07) is 4.91. The van der Waals surface area contributed by atoms with Gasteiger partial charge in [0.1, 0.15) is 0 Å². The lowest BCUT2D eigenvalue weighted by atomic mass is 10.1. The number of ether oxygens (including phenoxy) is 2. The van der Waals surface area contributed by atoms with Crippen molar-refractivity contribution in [2.45, 2.75) is 26.2 Å². The third-order valence-corrected chi connectivity index (χ3v) is 2.87. The molecule has 118 valence electrons. The van der Waals surface area contributed by atoms with Crippen molar-refractivity contribution in [2.24, 2.45) is 0 Å². The number of unbranched alkanes of at least 4 members (excludes halogenated alkanes) is 2. The van der Waals surface area contributed by atoms with Gasteiger partial charge in [0.15, 0.2) is 0 Å². The third kappa shape index (κ3) is 5.98. The summed E-state index contributed by atoms with van der Waals surface area (Å²) in [4.78, 5) is 22.8. The minimum atomic E-state index is -0.453. The molecule has 0 atom stereocenters. The van der Waals surface area contributed by atoms with Crippen LogP contribution in [0.25, 0.3) is 0 Å². The summed E-state index contributed by atoms with van der Waals surface area (Å²) in [6.07, 6.45) is 2.67. The number of carbonyl (C=O) groups is 2. The Kier molecular flexibility index (Phi) is 7.73. The molecule has 1 aromatic carbocycles. The monoisotopic (exact) mass is 303 g/mol. The first-order valence-electron chi connectivity index (χ1n) is 7.06. The van der Waals surface area contributed by atoms with Gasteiger partial charge in [-0.05, 0) is 31.0 Å². The molecular formula is C17H21NO4. The van der Waals surface area contributed by atoms with Gasteiger partial charge in [-0.3, -0.25) is 4.79 Å². The van der Waals surface area contributed by atoms with Crippen LogP contribution in [0.3, 0.4) is 0 Å². The molecule has 0 aromatic heterocycles. The predicted octanol–water partition coefficient (Wildman–Crippen LogP) is 2.60. The van der Waals surface area contributed by atoms with Gasteiger partial charge in [0.2, 0.25) is 5.91 Å². The number of hydrogen-bond donors (Lipinski definition) is 1. The molecule has 0 radical (unpaired) electrons. The van der Waals surface area contributed by atoms with E-state index in [0.717, 1.165) is 25.9 Å². The number of carbonyl (C=O) groups excluding carboxylic acids is 2. The van der Waals surface area contributed by atoms with Crippen LogP contribution in [0, 0.1) is 11.8 Å². The van der Waals surface area contributed by atoms with E-state index >= 15 is 0 Å². The third-order valence-electron chi connectivity index (χ3n) is 2.87. The molecule has 0 aliphatic carbocycles. The highest BCUT2D eigenvalue weighted by molar-refractivity contribution is 5.95. The standard InChI is InChI=1S/C17H21NO4/c1-13(19)18-16-12-15(17(20)22-3)10-9-14(16)8-6-4-5-7-11-21-2/h9-10,12H,4-5,7,11H2,1-3H3,(H,18,19). The predicted molar refractivity (Wildman–Crippen MR) is 84.7 cm³/mol. The van der Waals surface area contributed by atoms with Crippen molar-refractivity contribution in [3.05, 3.63) is 29.3 Å². The highest BCUT2D eigenvalue weighted by atomic mass is 16.5. The number of esters is 1. The lowest BCUT2D eigenvalue weighted by molar-refractivity contribution is -0.114. The highest BCUT2D eigenvalue weighted by Crippen LogP contribution is 2.18. The second-order valence-corrected chi connectivity index (χ2v) is 4.68. The SMILES string of the molecule is COCCCCC#Cc1ccc(C(=O)OC)cc1NC(C)=O. The first-order chi connectivity index (χ1) is 10.6. The molecule has 0 saturated carbocycles. The van der Waals surface area contributed by atoms with Crippen LogP contribution in [-0.4, -0.2) is 32.7 Å². The van der Waals surface area contributed by atoms with Gasteiger partial charge >= 0.3 is 5.97 Å². The van der Waals surface area contributed by atoms with E-state index in [1.165, 1.54) is 14.0 Å². The van der Waals surface area contributed by atoms with E-state index in [9.17, 15) is 9.59 Å². The topological polar surface area (TPSA) is 64.6 Å². The molecule has 5 heteroatoms. The molecule has 0 unspecified atom stereocenters. The number of rotatable bonds is 6. The minimum Gasteiger partial charge on any atom is -0.465 e. The van der Waals surface area contributed by atoms with Crippen molar-refractivity contribution in [1.29, 1.82) is 0 Å². The first-order valence-corrected chi connectivity index (χ1v) is 7.06. The van der Waals surface area contributed by atoms with Crippen LogP contribution >= 0.6 is 0 Å². The van der Waals surface area contributed by atoms with Crippen LogP contribution in [0.1, 0.15) is 42.1 Å². The summed E-state index contributed by atoms with van der Waals surface area (Å²) in [5.74, 6) is 5.42. The fraction of sp³-hybridized carbons (Fsp3) is 0.412. The number of amides is 1. The van der Waals surface area contributed by atoms with E-state index in [1.807, 2.05) is 0 Å². The molecule has 0 saturated heterocycles. The summed E-state index contributed by atoms with van der Waals surface area (Å²) in [6.45, 7) is 2.14. The van der Waals surface area contributed by atoms with E-state index in [-0.39, 0.29) is 5.91 Å². The van der Waals surface area contributed by atoms with Crippen molar-refractivity contribution >= 4 is 17.6 Å². The molecule has 5 nitrogen and oxygen atoms in total. The number of anilines is 1. The van der Waals surface area contributed by atoms with Gasteiger partial charge in [-0.2, -0.15) is 0 Å². The van der Waals surface area contributed by atoms with Gasteiger partial charge in [-0.1, -0.05) is 11.8 Å². The van der Waals surface area contributed by atoms with Gasteiger partial charge in [0.25, 0.3) is 0 Å². The second kappa shape index (κ2) is 9.59. The molecule has 0 fully saturated rings. The summed E-state index contributed by atoms with van der Waals surface area (Å²) >= 11 is 0. The second-order valence-electron chi connectivity index (χ2n) is 4.68. The van der Waals surface area contributed by atoms with Crippen molar-refractivity contribution in [2.75, 3.05) is 26.1 Å². The summed E-state index contributed by atoms with van der Waals surface area (Å²) in [5, 5.41) is 2.68. The Bertz CT molecular complexity index is 584. The quantitative estimate of drug-likeness (QED) is 0.498. The maximum absolute atomic E-state index is 11.5. The molecule has 0 spiro atoms. The van der Waals surface area contributed by atoms with E-state index < -0.39 is 5.97 Å². The zero-order valence-electron chi connectivity index (χ0n) is 13.2. The summed E-state index contributed by atoms with van der Waals surface area (Å²) in [5.41, 5.74) is 1.56. The van der Waals surface area contributed by atoms with Gasteiger partial charge in [0.05, 0.1) is 18.4 Å². The first kappa shape index (κ1) is 17.7. The molecule has 1 rings (SSSR count). The normalized spacial score (nSPS) is 9.59. The average Bonchev–Trinajstić information content (AvgIpc) is 2.50. The van der Waals surface area contributed by atoms with Gasteiger partial charge in [-0.15, -0.1) is 0 Å². The minimum absolute atomic E-state index is 0.217. The Morgan fingerprint density at radius 1 is 1.23 bits per heavy atom. The molecule has 0 aliphatic heterocycles. The van der Waals surface area contributed by atoms with Crippen molar-refractivity contribution in [3.8, 4) is 11.8 Å². The lowest BCUT2D eigenvalue weighted by Crippen LogP contribution is -2.09. The average molecular weight is 303 g/mol. The molecule has 0 aliphatic rings. The summed E-state index contributed by atoms with van der Waals surface area (Å²) < 4.78 is 9.65. The molecule has 1 N–H and O–H groups in total. The molecular weight excluding hydrogens is 282 g/mol. The van der Waals surface area contributed by atoms with Gasteiger partial charge < -0.3 is 14.8 Å². The van der Waals surface area contributed by atoms with Crippen LogP contribution in [0.4, 0.5) is 5.69 Å². The van der Waals surface area contributed by atoms with Crippen LogP contribution < -0.4 is 5.32 Å². The Morgan fingerprint density at radius 3 is 2.64 bits per heavy atom. The van der Waals surface area contributed by atoms with Crippen molar-refractivity contribution < 1.29 is 19.1 Å². The molecule has 22 heavy (non-hydrogen) atoms. The van der Waals surface area contributed by atoms with Crippen molar-refractivity contribution in [3.63, 3.8) is 0 Å². The number of benzene rings is 1. The Balaban J connectivity index is 2.86. The number of nitrogens with one attached hydrogen (secondary N) is 1. The maximum atomic E-state index is 11.5. The number of methoxy groups -OCH3 is 2. The lowest BCUT2D eigenvalue weighted by Gasteiger charge is -2.07. The van der Waals surface area contributed by atoms with Crippen molar-refractivity contribution in [1.82, 2.24) is 0 Å².